The third-order valence-corrected chi connectivity index (χ3v) is 2.97. The van der Waals surface area contributed by atoms with E-state index in [-0.39, 0.29) is 0 Å². The summed E-state index contributed by atoms with van der Waals surface area (Å²) in [6.45, 7) is 4.78. The van der Waals surface area contributed by atoms with Gasteiger partial charge in [-0.05, 0) is 18.1 Å². The molecule has 0 radical (unpaired) electrons. The highest BCUT2D eigenvalue weighted by Crippen LogP contribution is 2.27. The van der Waals surface area contributed by atoms with Crippen molar-refractivity contribution in [2.24, 2.45) is 5.73 Å². The van der Waals surface area contributed by atoms with Crippen molar-refractivity contribution in [3.8, 4) is 11.4 Å². The molecule has 0 saturated heterocycles. The van der Waals surface area contributed by atoms with E-state index in [0.717, 1.165) is 22.7 Å². The van der Waals surface area contributed by atoms with E-state index in [1.54, 1.807) is 7.11 Å². The summed E-state index contributed by atoms with van der Waals surface area (Å²) >= 11 is 0. The van der Waals surface area contributed by atoms with Gasteiger partial charge in [-0.1, -0.05) is 26.0 Å². The van der Waals surface area contributed by atoms with E-state index < -0.39 is 0 Å². The number of hydrogen-bond acceptors (Lipinski definition) is 3. The maximum absolute atomic E-state index is 5.77. The fourth-order valence-electron chi connectivity index (χ4n) is 2.16. The van der Waals surface area contributed by atoms with Crippen molar-refractivity contribution in [1.82, 2.24) is 9.78 Å². The SMILES string of the molecule is COc1ccccc1-n1ncc(CN)c1C(C)C. The van der Waals surface area contributed by atoms with Gasteiger partial charge in [-0.2, -0.15) is 5.10 Å². The van der Waals surface area contributed by atoms with E-state index >= 15 is 0 Å². The molecule has 0 aliphatic rings. The molecule has 0 spiro atoms. The predicted molar refractivity (Wildman–Crippen MR) is 72.1 cm³/mol. The number of aromatic nitrogens is 2. The van der Waals surface area contributed by atoms with Crippen LogP contribution in [0.1, 0.15) is 31.0 Å². The van der Waals surface area contributed by atoms with Crippen molar-refractivity contribution in [1.29, 1.82) is 0 Å². The van der Waals surface area contributed by atoms with Crippen LogP contribution in [-0.2, 0) is 6.54 Å². The summed E-state index contributed by atoms with van der Waals surface area (Å²) in [5.41, 5.74) is 8.93. The molecular formula is C14H19N3O. The highest BCUT2D eigenvalue weighted by molar-refractivity contribution is 5.48. The molecule has 2 rings (SSSR count). The maximum Gasteiger partial charge on any atom is 0.144 e. The molecule has 96 valence electrons. The molecule has 2 N–H and O–H groups in total. The van der Waals surface area contributed by atoms with Crippen LogP contribution in [0.4, 0.5) is 0 Å². The molecule has 1 aromatic heterocycles. The second-order valence-corrected chi connectivity index (χ2v) is 4.50. The van der Waals surface area contributed by atoms with Crippen LogP contribution in [0.2, 0.25) is 0 Å². The van der Waals surface area contributed by atoms with Crippen LogP contribution in [0.25, 0.3) is 5.69 Å². The fraction of sp³-hybridized carbons (Fsp3) is 0.357. The summed E-state index contributed by atoms with van der Waals surface area (Å²) in [6, 6.07) is 7.86. The highest BCUT2D eigenvalue weighted by atomic mass is 16.5. The van der Waals surface area contributed by atoms with Gasteiger partial charge in [0.25, 0.3) is 0 Å². The van der Waals surface area contributed by atoms with Crippen LogP contribution in [0.3, 0.4) is 0 Å². The van der Waals surface area contributed by atoms with Gasteiger partial charge in [0, 0.05) is 12.1 Å². The van der Waals surface area contributed by atoms with Crippen LogP contribution in [0.5, 0.6) is 5.75 Å². The summed E-state index contributed by atoms with van der Waals surface area (Å²) in [5, 5.41) is 4.44. The lowest BCUT2D eigenvalue weighted by Crippen LogP contribution is -2.08. The number of hydrogen-bond donors (Lipinski definition) is 1. The average Bonchev–Trinajstić information content (AvgIpc) is 2.82. The number of methoxy groups -OCH3 is 1. The number of para-hydroxylation sites is 2. The predicted octanol–water partition coefficient (Wildman–Crippen LogP) is 2.46. The second kappa shape index (κ2) is 5.23. The smallest absolute Gasteiger partial charge is 0.144 e. The standard InChI is InChI=1S/C14H19N3O/c1-10(2)14-11(8-15)9-16-17(14)12-6-4-5-7-13(12)18-3/h4-7,9-10H,8,15H2,1-3H3. The summed E-state index contributed by atoms with van der Waals surface area (Å²) < 4.78 is 7.31. The Labute approximate surface area is 107 Å². The summed E-state index contributed by atoms with van der Waals surface area (Å²) in [6.07, 6.45) is 1.84. The van der Waals surface area contributed by atoms with Crippen molar-refractivity contribution in [3.05, 3.63) is 41.7 Å². The molecule has 0 saturated carbocycles. The minimum absolute atomic E-state index is 0.357. The Morgan fingerprint density at radius 1 is 1.33 bits per heavy atom. The quantitative estimate of drug-likeness (QED) is 0.900. The molecule has 0 atom stereocenters. The van der Waals surface area contributed by atoms with Crippen molar-refractivity contribution in [2.75, 3.05) is 7.11 Å². The molecule has 2 aromatic rings. The van der Waals surface area contributed by atoms with Crippen molar-refractivity contribution in [3.63, 3.8) is 0 Å². The topological polar surface area (TPSA) is 53.1 Å². The van der Waals surface area contributed by atoms with E-state index in [1.165, 1.54) is 0 Å². The van der Waals surface area contributed by atoms with Crippen molar-refractivity contribution in [2.45, 2.75) is 26.3 Å². The molecule has 0 unspecified atom stereocenters. The first-order chi connectivity index (χ1) is 8.69. The van der Waals surface area contributed by atoms with Crippen LogP contribution in [0, 0.1) is 0 Å². The third kappa shape index (κ3) is 2.11. The lowest BCUT2D eigenvalue weighted by molar-refractivity contribution is 0.411. The van der Waals surface area contributed by atoms with Crippen LogP contribution in [-0.4, -0.2) is 16.9 Å². The van der Waals surface area contributed by atoms with Gasteiger partial charge in [-0.3, -0.25) is 0 Å². The Kier molecular flexibility index (Phi) is 3.67. The fourth-order valence-corrected chi connectivity index (χ4v) is 2.16. The monoisotopic (exact) mass is 245 g/mol. The number of rotatable bonds is 4. The van der Waals surface area contributed by atoms with E-state index in [4.69, 9.17) is 10.5 Å². The molecular weight excluding hydrogens is 226 g/mol. The molecule has 4 heteroatoms. The lowest BCUT2D eigenvalue weighted by Gasteiger charge is -2.14. The molecule has 0 fully saturated rings. The maximum atomic E-state index is 5.77. The van der Waals surface area contributed by atoms with Gasteiger partial charge in [0.2, 0.25) is 0 Å². The average molecular weight is 245 g/mol. The van der Waals surface area contributed by atoms with E-state index in [0.29, 0.717) is 12.5 Å². The van der Waals surface area contributed by atoms with Crippen molar-refractivity contribution >= 4 is 0 Å². The molecule has 18 heavy (non-hydrogen) atoms. The van der Waals surface area contributed by atoms with Gasteiger partial charge < -0.3 is 10.5 Å². The van der Waals surface area contributed by atoms with Gasteiger partial charge >= 0.3 is 0 Å². The minimum Gasteiger partial charge on any atom is -0.494 e. The Morgan fingerprint density at radius 3 is 2.67 bits per heavy atom. The van der Waals surface area contributed by atoms with Gasteiger partial charge in [-0.15, -0.1) is 0 Å². The normalized spacial score (nSPS) is 10.9. The molecule has 0 bridgehead atoms. The first kappa shape index (κ1) is 12.6. The zero-order valence-corrected chi connectivity index (χ0v) is 11.1. The third-order valence-electron chi connectivity index (χ3n) is 2.97. The number of benzene rings is 1. The Bertz CT molecular complexity index is 532. The lowest BCUT2D eigenvalue weighted by atomic mass is 10.1. The first-order valence-corrected chi connectivity index (χ1v) is 6.09. The summed E-state index contributed by atoms with van der Waals surface area (Å²) in [5.74, 6) is 1.17. The Morgan fingerprint density at radius 2 is 2.06 bits per heavy atom. The molecule has 4 nitrogen and oxygen atoms in total. The second-order valence-electron chi connectivity index (χ2n) is 4.50. The van der Waals surface area contributed by atoms with Crippen molar-refractivity contribution < 1.29 is 4.74 Å². The van der Waals surface area contributed by atoms with E-state index in [9.17, 15) is 0 Å². The molecule has 1 aromatic carbocycles. The largest absolute Gasteiger partial charge is 0.494 e. The van der Waals surface area contributed by atoms with Gasteiger partial charge in [-0.25, -0.2) is 4.68 Å². The van der Waals surface area contributed by atoms with Crippen LogP contribution < -0.4 is 10.5 Å². The van der Waals surface area contributed by atoms with Gasteiger partial charge in [0.15, 0.2) is 0 Å². The molecule has 0 amide bonds. The summed E-state index contributed by atoms with van der Waals surface area (Å²) in [7, 11) is 1.67. The molecule has 0 aliphatic heterocycles. The van der Waals surface area contributed by atoms with Crippen LogP contribution in [0.15, 0.2) is 30.5 Å². The number of nitrogens with two attached hydrogens (primary N) is 1. The number of ether oxygens (including phenoxy) is 1. The van der Waals surface area contributed by atoms with Crippen LogP contribution >= 0.6 is 0 Å². The molecule has 1 heterocycles. The highest BCUT2D eigenvalue weighted by Gasteiger charge is 2.16. The van der Waals surface area contributed by atoms with Gasteiger partial charge in [0.1, 0.15) is 11.4 Å². The molecule has 0 aliphatic carbocycles. The Hall–Kier alpha value is -1.81. The Balaban J connectivity index is 2.60. The first-order valence-electron chi connectivity index (χ1n) is 6.09. The minimum atomic E-state index is 0.357. The zero-order valence-electron chi connectivity index (χ0n) is 11.1. The van der Waals surface area contributed by atoms with E-state index in [2.05, 4.69) is 18.9 Å². The summed E-state index contributed by atoms with van der Waals surface area (Å²) in [4.78, 5) is 0. The van der Waals surface area contributed by atoms with Gasteiger partial charge in [0.05, 0.1) is 19.0 Å². The zero-order chi connectivity index (χ0) is 13.1. The van der Waals surface area contributed by atoms with E-state index in [1.807, 2.05) is 35.1 Å². The number of nitrogens with zero attached hydrogens (tertiary/aromatic N) is 2.